The number of nitrogens with one attached hydrogen (secondary N) is 2. The van der Waals surface area contributed by atoms with Crippen LogP contribution in [0, 0.1) is 0 Å². The van der Waals surface area contributed by atoms with Gasteiger partial charge in [0.05, 0.1) is 10.7 Å². The Morgan fingerprint density at radius 1 is 1.13 bits per heavy atom. The Bertz CT molecular complexity index is 750. The van der Waals surface area contributed by atoms with Gasteiger partial charge in [-0.05, 0) is 43.3 Å². The van der Waals surface area contributed by atoms with Gasteiger partial charge in [-0.25, -0.2) is 0 Å². The first-order valence-electron chi connectivity index (χ1n) is 6.79. The zero-order valence-corrected chi connectivity index (χ0v) is 13.8. The molecular weight excluding hydrogens is 337 g/mol. The largest absolute Gasteiger partial charge is 0.374 e. The highest BCUT2D eigenvalue weighted by molar-refractivity contribution is 6.36. The summed E-state index contributed by atoms with van der Waals surface area (Å²) >= 11 is 11.8. The van der Waals surface area contributed by atoms with Crippen molar-refractivity contribution in [3.63, 3.8) is 0 Å². The molecular formula is C16H15Cl2N3O2. The van der Waals surface area contributed by atoms with Crippen molar-refractivity contribution in [2.24, 2.45) is 5.73 Å². The second-order valence-electron chi connectivity index (χ2n) is 4.92. The molecule has 4 N–H and O–H groups in total. The average Bonchev–Trinajstić information content (AvgIpc) is 2.50. The van der Waals surface area contributed by atoms with Gasteiger partial charge in [-0.2, -0.15) is 0 Å². The lowest BCUT2D eigenvalue weighted by Gasteiger charge is -2.16. The lowest BCUT2D eigenvalue weighted by atomic mass is 10.1. The molecule has 0 spiro atoms. The molecule has 7 heteroatoms. The molecule has 0 radical (unpaired) electrons. The molecule has 0 unspecified atom stereocenters. The van der Waals surface area contributed by atoms with Crippen LogP contribution >= 0.6 is 23.2 Å². The molecule has 0 aliphatic rings. The van der Waals surface area contributed by atoms with Crippen LogP contribution in [0.25, 0.3) is 0 Å². The first-order chi connectivity index (χ1) is 10.9. The van der Waals surface area contributed by atoms with Crippen molar-refractivity contribution in [3.05, 3.63) is 58.1 Å². The van der Waals surface area contributed by atoms with Gasteiger partial charge < -0.3 is 16.4 Å². The van der Waals surface area contributed by atoms with Crippen molar-refractivity contribution in [1.29, 1.82) is 0 Å². The molecule has 2 aromatic rings. The van der Waals surface area contributed by atoms with Gasteiger partial charge >= 0.3 is 0 Å². The standard InChI is InChI=1S/C16H15Cl2N3O2/c1-9(20-12-4-2-3-10(7-12)15(19)22)16(23)21-14-6-5-11(17)8-13(14)18/h2-9,20H,1H3,(H2,19,22)(H,21,23)/t9-/m1/s1. The first-order valence-corrected chi connectivity index (χ1v) is 7.54. The third-order valence-corrected chi connectivity index (χ3v) is 3.66. The minimum absolute atomic E-state index is 0.279. The lowest BCUT2D eigenvalue weighted by Crippen LogP contribution is -2.32. The lowest BCUT2D eigenvalue weighted by molar-refractivity contribution is -0.116. The minimum Gasteiger partial charge on any atom is -0.374 e. The van der Waals surface area contributed by atoms with Gasteiger partial charge in [0.1, 0.15) is 6.04 Å². The Kier molecular flexibility index (Phi) is 5.47. The van der Waals surface area contributed by atoms with Gasteiger partial charge in [0.2, 0.25) is 11.8 Å². The molecule has 0 aromatic heterocycles. The number of amides is 2. The zero-order chi connectivity index (χ0) is 17.0. The van der Waals surface area contributed by atoms with Crippen LogP contribution in [0.2, 0.25) is 10.0 Å². The number of carbonyl (C=O) groups excluding carboxylic acids is 2. The van der Waals surface area contributed by atoms with Crippen LogP contribution in [0.1, 0.15) is 17.3 Å². The van der Waals surface area contributed by atoms with E-state index >= 15 is 0 Å². The van der Waals surface area contributed by atoms with Crippen LogP contribution in [-0.4, -0.2) is 17.9 Å². The number of rotatable bonds is 5. The molecule has 0 saturated carbocycles. The summed E-state index contributed by atoms with van der Waals surface area (Å²) in [5, 5.41) is 6.55. The maximum Gasteiger partial charge on any atom is 0.248 e. The molecule has 0 aliphatic heterocycles. The summed E-state index contributed by atoms with van der Waals surface area (Å²) in [5.74, 6) is -0.808. The van der Waals surface area contributed by atoms with Crippen LogP contribution in [0.4, 0.5) is 11.4 Å². The molecule has 1 atom stereocenters. The van der Waals surface area contributed by atoms with Gasteiger partial charge in [-0.15, -0.1) is 0 Å². The Hall–Kier alpha value is -2.24. The smallest absolute Gasteiger partial charge is 0.248 e. The predicted molar refractivity (Wildman–Crippen MR) is 93.1 cm³/mol. The summed E-state index contributed by atoms with van der Waals surface area (Å²) in [4.78, 5) is 23.4. The van der Waals surface area contributed by atoms with E-state index in [9.17, 15) is 9.59 Å². The molecule has 0 bridgehead atoms. The normalized spacial score (nSPS) is 11.6. The van der Waals surface area contributed by atoms with E-state index < -0.39 is 11.9 Å². The molecule has 0 aliphatic carbocycles. The maximum atomic E-state index is 12.2. The second-order valence-corrected chi connectivity index (χ2v) is 5.77. The van der Waals surface area contributed by atoms with E-state index in [0.717, 1.165) is 0 Å². The van der Waals surface area contributed by atoms with Crippen molar-refractivity contribution in [2.45, 2.75) is 13.0 Å². The van der Waals surface area contributed by atoms with Crippen LogP contribution in [0.5, 0.6) is 0 Å². The number of primary amides is 1. The van der Waals surface area contributed by atoms with E-state index in [1.807, 2.05) is 0 Å². The molecule has 2 rings (SSSR count). The van der Waals surface area contributed by atoms with Gasteiger partial charge in [0.25, 0.3) is 0 Å². The number of carbonyl (C=O) groups is 2. The third-order valence-electron chi connectivity index (χ3n) is 3.11. The van der Waals surface area contributed by atoms with Crippen LogP contribution in [-0.2, 0) is 4.79 Å². The first kappa shape index (κ1) is 17.1. The molecule has 120 valence electrons. The number of hydrogen-bond donors (Lipinski definition) is 3. The van der Waals surface area contributed by atoms with E-state index in [1.165, 1.54) is 0 Å². The topological polar surface area (TPSA) is 84.2 Å². The summed E-state index contributed by atoms with van der Waals surface area (Å²) in [6, 6.07) is 10.9. The molecule has 0 saturated heterocycles. The van der Waals surface area contributed by atoms with Crippen molar-refractivity contribution < 1.29 is 9.59 Å². The molecule has 0 fully saturated rings. The van der Waals surface area contributed by atoms with Crippen molar-refractivity contribution in [1.82, 2.24) is 0 Å². The predicted octanol–water partition coefficient (Wildman–Crippen LogP) is 3.53. The Morgan fingerprint density at radius 3 is 2.52 bits per heavy atom. The highest BCUT2D eigenvalue weighted by Crippen LogP contribution is 2.25. The summed E-state index contributed by atoms with van der Waals surface area (Å²) in [6.07, 6.45) is 0. The van der Waals surface area contributed by atoms with E-state index in [4.69, 9.17) is 28.9 Å². The number of hydrogen-bond acceptors (Lipinski definition) is 3. The van der Waals surface area contributed by atoms with E-state index in [0.29, 0.717) is 27.0 Å². The summed E-state index contributed by atoms with van der Waals surface area (Å²) in [7, 11) is 0. The van der Waals surface area contributed by atoms with Gasteiger partial charge in [0, 0.05) is 16.3 Å². The summed E-state index contributed by atoms with van der Waals surface area (Å²) < 4.78 is 0. The fourth-order valence-electron chi connectivity index (χ4n) is 1.91. The Labute approximate surface area is 143 Å². The Morgan fingerprint density at radius 2 is 1.87 bits per heavy atom. The summed E-state index contributed by atoms with van der Waals surface area (Å²) in [6.45, 7) is 1.69. The number of benzene rings is 2. The number of halogens is 2. The van der Waals surface area contributed by atoms with Crippen LogP contribution in [0.15, 0.2) is 42.5 Å². The highest BCUT2D eigenvalue weighted by Gasteiger charge is 2.15. The quantitative estimate of drug-likeness (QED) is 0.770. The SMILES string of the molecule is C[C@@H](Nc1cccc(C(N)=O)c1)C(=O)Nc1ccc(Cl)cc1Cl. The van der Waals surface area contributed by atoms with Crippen LogP contribution in [0.3, 0.4) is 0 Å². The fraction of sp³-hybridized carbons (Fsp3) is 0.125. The third kappa shape index (κ3) is 4.61. The van der Waals surface area contributed by atoms with Gasteiger partial charge in [-0.3, -0.25) is 9.59 Å². The number of anilines is 2. The summed E-state index contributed by atoms with van der Waals surface area (Å²) in [5.41, 5.74) is 6.69. The average molecular weight is 352 g/mol. The van der Waals surface area contributed by atoms with Crippen molar-refractivity contribution >= 4 is 46.4 Å². The van der Waals surface area contributed by atoms with Crippen molar-refractivity contribution in [2.75, 3.05) is 10.6 Å². The second kappa shape index (κ2) is 7.35. The number of nitrogens with two attached hydrogens (primary N) is 1. The molecule has 2 aromatic carbocycles. The van der Waals surface area contributed by atoms with E-state index in [1.54, 1.807) is 49.4 Å². The van der Waals surface area contributed by atoms with Crippen LogP contribution < -0.4 is 16.4 Å². The highest BCUT2D eigenvalue weighted by atomic mass is 35.5. The zero-order valence-electron chi connectivity index (χ0n) is 12.3. The molecule has 5 nitrogen and oxygen atoms in total. The van der Waals surface area contributed by atoms with Gasteiger partial charge in [0.15, 0.2) is 0 Å². The van der Waals surface area contributed by atoms with Crippen molar-refractivity contribution in [3.8, 4) is 0 Å². The minimum atomic E-state index is -0.551. The fourth-order valence-corrected chi connectivity index (χ4v) is 2.37. The van der Waals surface area contributed by atoms with E-state index in [2.05, 4.69) is 10.6 Å². The van der Waals surface area contributed by atoms with E-state index in [-0.39, 0.29) is 5.91 Å². The van der Waals surface area contributed by atoms with Gasteiger partial charge in [-0.1, -0.05) is 29.3 Å². The molecule has 2 amide bonds. The Balaban J connectivity index is 2.05. The molecule has 23 heavy (non-hydrogen) atoms. The maximum absolute atomic E-state index is 12.2. The molecule has 0 heterocycles. The monoisotopic (exact) mass is 351 g/mol.